The number of hydrogen-bond acceptors (Lipinski definition) is 3. The molecule has 0 atom stereocenters. The van der Waals surface area contributed by atoms with Crippen molar-refractivity contribution in [3.63, 3.8) is 0 Å². The molecule has 1 aromatic heterocycles. The molecule has 0 saturated carbocycles. The quantitative estimate of drug-likeness (QED) is 0.493. The zero-order valence-corrected chi connectivity index (χ0v) is 15.9. The van der Waals surface area contributed by atoms with Crippen molar-refractivity contribution < 1.29 is 13.9 Å². The van der Waals surface area contributed by atoms with Crippen LogP contribution in [0.15, 0.2) is 72.9 Å². The van der Waals surface area contributed by atoms with Gasteiger partial charge in [0.15, 0.2) is 11.4 Å². The van der Waals surface area contributed by atoms with Gasteiger partial charge < -0.3 is 10.1 Å². The van der Waals surface area contributed by atoms with Gasteiger partial charge in [0.05, 0.1) is 18.5 Å². The largest absolute Gasteiger partial charge is 0.489 e. The molecule has 6 heteroatoms. The van der Waals surface area contributed by atoms with Crippen molar-refractivity contribution in [2.75, 3.05) is 11.9 Å². The van der Waals surface area contributed by atoms with Crippen LogP contribution in [0.1, 0.15) is 23.8 Å². The van der Waals surface area contributed by atoms with Gasteiger partial charge in [-0.3, -0.25) is 4.79 Å². The van der Waals surface area contributed by atoms with Crippen molar-refractivity contribution in [1.82, 2.24) is 9.78 Å². The van der Waals surface area contributed by atoms with Crippen molar-refractivity contribution >= 4 is 22.4 Å². The number of benzene rings is 3. The van der Waals surface area contributed by atoms with E-state index in [1.54, 1.807) is 18.3 Å². The van der Waals surface area contributed by atoms with Gasteiger partial charge in [0.1, 0.15) is 5.82 Å². The molecule has 1 N–H and O–H groups in total. The first kappa shape index (κ1) is 18.7. The summed E-state index contributed by atoms with van der Waals surface area (Å²) < 4.78 is 20.5. The molecular weight excluding hydrogens is 369 g/mol. The fourth-order valence-electron chi connectivity index (χ4n) is 3.08. The number of carbonyl (C=O) groups excluding carboxylic acids is 1. The molecule has 0 aliphatic carbocycles. The first-order chi connectivity index (χ1) is 14.2. The van der Waals surface area contributed by atoms with E-state index in [0.29, 0.717) is 23.7 Å². The Kier molecular flexibility index (Phi) is 5.24. The number of halogens is 1. The van der Waals surface area contributed by atoms with Crippen molar-refractivity contribution in [1.29, 1.82) is 0 Å². The fourth-order valence-corrected chi connectivity index (χ4v) is 3.08. The second-order valence-corrected chi connectivity index (χ2v) is 6.59. The van der Waals surface area contributed by atoms with E-state index in [2.05, 4.69) is 10.4 Å². The molecule has 5 nitrogen and oxygen atoms in total. The molecule has 0 aliphatic heterocycles. The summed E-state index contributed by atoms with van der Waals surface area (Å²) in [4.78, 5) is 13.0. The van der Waals surface area contributed by atoms with E-state index >= 15 is 0 Å². The molecule has 0 aliphatic rings. The third kappa shape index (κ3) is 3.96. The highest BCUT2D eigenvalue weighted by molar-refractivity contribution is 6.09. The molecule has 0 saturated heterocycles. The van der Waals surface area contributed by atoms with E-state index in [0.717, 1.165) is 17.2 Å². The molecule has 1 amide bonds. The second-order valence-electron chi connectivity index (χ2n) is 6.59. The minimum Gasteiger partial charge on any atom is -0.489 e. The standard InChI is InChI=1S/C23H20FN3O2/c1-2-14-29-21-15-27(18-12-10-17(24)11-13-18)26-22(21)23(28)25-20-9-5-7-16-6-3-4-8-19(16)20/h3-13,15H,2,14H2,1H3,(H,25,28). The molecule has 0 unspecified atom stereocenters. The minimum atomic E-state index is -0.367. The minimum absolute atomic E-state index is 0.177. The molecule has 146 valence electrons. The summed E-state index contributed by atoms with van der Waals surface area (Å²) >= 11 is 0. The maximum atomic E-state index is 13.2. The van der Waals surface area contributed by atoms with E-state index < -0.39 is 0 Å². The third-order valence-electron chi connectivity index (χ3n) is 4.49. The predicted molar refractivity (Wildman–Crippen MR) is 111 cm³/mol. The monoisotopic (exact) mass is 389 g/mol. The molecule has 1 heterocycles. The first-order valence-corrected chi connectivity index (χ1v) is 9.43. The van der Waals surface area contributed by atoms with Gasteiger partial charge >= 0.3 is 0 Å². The van der Waals surface area contributed by atoms with E-state index in [1.807, 2.05) is 49.4 Å². The molecule has 29 heavy (non-hydrogen) atoms. The number of ether oxygens (including phenoxy) is 1. The Bertz CT molecular complexity index is 1150. The number of amides is 1. The first-order valence-electron chi connectivity index (χ1n) is 9.43. The Morgan fingerprint density at radius 2 is 1.83 bits per heavy atom. The maximum Gasteiger partial charge on any atom is 0.280 e. The van der Waals surface area contributed by atoms with Crippen LogP contribution in [-0.4, -0.2) is 22.3 Å². The van der Waals surface area contributed by atoms with Crippen molar-refractivity contribution in [3.05, 3.63) is 84.4 Å². The Morgan fingerprint density at radius 3 is 2.62 bits per heavy atom. The summed E-state index contributed by atoms with van der Waals surface area (Å²) in [6.45, 7) is 2.45. The van der Waals surface area contributed by atoms with E-state index in [4.69, 9.17) is 4.74 Å². The van der Waals surface area contributed by atoms with Crippen LogP contribution in [0, 0.1) is 5.82 Å². The van der Waals surface area contributed by atoms with Crippen LogP contribution >= 0.6 is 0 Å². The van der Waals surface area contributed by atoms with Crippen molar-refractivity contribution in [2.24, 2.45) is 0 Å². The van der Waals surface area contributed by atoms with Crippen LogP contribution in [0.2, 0.25) is 0 Å². The number of nitrogens with one attached hydrogen (secondary N) is 1. The number of carbonyl (C=O) groups is 1. The highest BCUT2D eigenvalue weighted by Crippen LogP contribution is 2.26. The number of hydrogen-bond donors (Lipinski definition) is 1. The summed E-state index contributed by atoms with van der Waals surface area (Å²) in [5, 5.41) is 9.31. The zero-order chi connectivity index (χ0) is 20.2. The number of anilines is 1. The average Bonchev–Trinajstić information content (AvgIpc) is 3.17. The summed E-state index contributed by atoms with van der Waals surface area (Å²) in [5.74, 6) is -0.320. The lowest BCUT2D eigenvalue weighted by Crippen LogP contribution is -2.15. The summed E-state index contributed by atoms with van der Waals surface area (Å²) in [5.41, 5.74) is 1.51. The number of fused-ring (bicyclic) bond motifs is 1. The summed E-state index contributed by atoms with van der Waals surface area (Å²) in [6.07, 6.45) is 2.44. The maximum absolute atomic E-state index is 13.2. The lowest BCUT2D eigenvalue weighted by molar-refractivity contribution is 0.101. The van der Waals surface area contributed by atoms with Gasteiger partial charge in [-0.15, -0.1) is 0 Å². The van der Waals surface area contributed by atoms with Gasteiger partial charge in [0.25, 0.3) is 5.91 Å². The van der Waals surface area contributed by atoms with Gasteiger partial charge in [0, 0.05) is 11.1 Å². The average molecular weight is 389 g/mol. The van der Waals surface area contributed by atoms with Crippen molar-refractivity contribution in [3.8, 4) is 11.4 Å². The Hall–Kier alpha value is -3.67. The molecule has 3 aromatic carbocycles. The number of nitrogens with zero attached hydrogens (tertiary/aromatic N) is 2. The Balaban J connectivity index is 1.68. The van der Waals surface area contributed by atoms with Crippen LogP contribution in [0.4, 0.5) is 10.1 Å². The van der Waals surface area contributed by atoms with Crippen LogP contribution in [0.3, 0.4) is 0 Å². The lowest BCUT2D eigenvalue weighted by atomic mass is 10.1. The zero-order valence-electron chi connectivity index (χ0n) is 15.9. The SMILES string of the molecule is CCCOc1cn(-c2ccc(F)cc2)nc1C(=O)Nc1cccc2ccccc12. The second kappa shape index (κ2) is 8.14. The van der Waals surface area contributed by atoms with Gasteiger partial charge in [-0.2, -0.15) is 5.10 Å². The van der Waals surface area contributed by atoms with Gasteiger partial charge in [0.2, 0.25) is 0 Å². The molecule has 0 spiro atoms. The molecular formula is C23H20FN3O2. The Labute approximate surface area is 167 Å². The normalized spacial score (nSPS) is 10.8. The molecule has 0 bridgehead atoms. The third-order valence-corrected chi connectivity index (χ3v) is 4.49. The topological polar surface area (TPSA) is 56.2 Å². The van der Waals surface area contributed by atoms with E-state index in [-0.39, 0.29) is 17.4 Å². The van der Waals surface area contributed by atoms with Crippen LogP contribution < -0.4 is 10.1 Å². The Morgan fingerprint density at radius 1 is 1.07 bits per heavy atom. The van der Waals surface area contributed by atoms with Gasteiger partial charge in [-0.05, 0) is 42.1 Å². The van der Waals surface area contributed by atoms with E-state index in [1.165, 1.54) is 16.8 Å². The number of rotatable bonds is 6. The lowest BCUT2D eigenvalue weighted by Gasteiger charge is -2.09. The summed E-state index contributed by atoms with van der Waals surface area (Å²) in [7, 11) is 0. The molecule has 4 rings (SSSR count). The summed E-state index contributed by atoms with van der Waals surface area (Å²) in [6, 6.07) is 19.4. The smallest absolute Gasteiger partial charge is 0.280 e. The van der Waals surface area contributed by atoms with Gasteiger partial charge in [-0.25, -0.2) is 9.07 Å². The molecule has 0 fully saturated rings. The van der Waals surface area contributed by atoms with E-state index in [9.17, 15) is 9.18 Å². The molecule has 0 radical (unpaired) electrons. The van der Waals surface area contributed by atoms with Crippen molar-refractivity contribution in [2.45, 2.75) is 13.3 Å². The molecule has 4 aromatic rings. The van der Waals surface area contributed by atoms with Crippen LogP contribution in [0.5, 0.6) is 5.75 Å². The predicted octanol–water partition coefficient (Wildman–Crippen LogP) is 5.21. The highest BCUT2D eigenvalue weighted by Gasteiger charge is 2.20. The number of aromatic nitrogens is 2. The van der Waals surface area contributed by atoms with Crippen LogP contribution in [-0.2, 0) is 0 Å². The fraction of sp³-hybridized carbons (Fsp3) is 0.130. The highest BCUT2D eigenvalue weighted by atomic mass is 19.1. The van der Waals surface area contributed by atoms with Crippen LogP contribution in [0.25, 0.3) is 16.5 Å². The van der Waals surface area contributed by atoms with Gasteiger partial charge in [-0.1, -0.05) is 43.3 Å².